The van der Waals surface area contributed by atoms with Gasteiger partial charge in [0.05, 0.1) is 12.7 Å². The largest absolute Gasteiger partial charge is 0.384 e. The number of nitrogens with one attached hydrogen (secondary N) is 1. The van der Waals surface area contributed by atoms with Crippen LogP contribution in [0, 0.1) is 11.8 Å². The fourth-order valence-corrected chi connectivity index (χ4v) is 3.77. The van der Waals surface area contributed by atoms with E-state index in [2.05, 4.69) is 21.8 Å². The van der Waals surface area contributed by atoms with Crippen LogP contribution in [-0.4, -0.2) is 47.9 Å². The van der Waals surface area contributed by atoms with Crippen molar-refractivity contribution >= 4 is 5.91 Å². The van der Waals surface area contributed by atoms with Crippen molar-refractivity contribution in [2.45, 2.75) is 44.9 Å². The Balaban J connectivity index is 1.51. The zero-order valence-corrected chi connectivity index (χ0v) is 13.3. The minimum Gasteiger partial charge on any atom is -0.384 e. The van der Waals surface area contributed by atoms with Gasteiger partial charge in [-0.25, -0.2) is 4.98 Å². The van der Waals surface area contributed by atoms with Gasteiger partial charge in [0.2, 0.25) is 5.91 Å². The summed E-state index contributed by atoms with van der Waals surface area (Å²) in [4.78, 5) is 16.5. The van der Waals surface area contributed by atoms with Crippen LogP contribution in [0.15, 0.2) is 12.4 Å². The fourth-order valence-electron chi connectivity index (χ4n) is 3.77. The molecule has 0 bridgehead atoms. The maximum absolute atomic E-state index is 12.3. The Morgan fingerprint density at radius 2 is 2.45 bits per heavy atom. The van der Waals surface area contributed by atoms with Gasteiger partial charge in [0, 0.05) is 63.4 Å². The lowest BCUT2D eigenvalue weighted by molar-refractivity contribution is -0.130. The fraction of sp³-hybridized carbons (Fsp3) is 0.750. The van der Waals surface area contributed by atoms with Gasteiger partial charge in [-0.15, -0.1) is 0 Å². The molecule has 1 aromatic rings. The minimum absolute atomic E-state index is 0.104. The summed E-state index contributed by atoms with van der Waals surface area (Å²) in [6.45, 7) is 4.20. The Labute approximate surface area is 131 Å². The first kappa shape index (κ1) is 15.5. The number of imidazole rings is 1. The second kappa shape index (κ2) is 6.79. The average Bonchev–Trinajstić information content (AvgIpc) is 3.15. The van der Waals surface area contributed by atoms with Crippen LogP contribution >= 0.6 is 0 Å². The number of aromatic nitrogens is 2. The van der Waals surface area contributed by atoms with Crippen LogP contribution in [0.2, 0.25) is 0 Å². The highest BCUT2D eigenvalue weighted by atomic mass is 16.5. The van der Waals surface area contributed by atoms with E-state index in [0.717, 1.165) is 25.3 Å². The molecule has 1 aliphatic carbocycles. The second-order valence-corrected chi connectivity index (χ2v) is 6.14. The van der Waals surface area contributed by atoms with Gasteiger partial charge in [-0.05, 0) is 6.42 Å². The summed E-state index contributed by atoms with van der Waals surface area (Å²) in [5.41, 5.74) is 0. The third kappa shape index (κ3) is 2.90. The van der Waals surface area contributed by atoms with Crippen LogP contribution < -0.4 is 5.32 Å². The molecule has 4 atom stereocenters. The van der Waals surface area contributed by atoms with Gasteiger partial charge in [0.15, 0.2) is 0 Å². The van der Waals surface area contributed by atoms with Crippen LogP contribution in [0.4, 0.5) is 0 Å². The number of methoxy groups -OCH3 is 1. The summed E-state index contributed by atoms with van der Waals surface area (Å²) in [5.74, 6) is 1.88. The van der Waals surface area contributed by atoms with Crippen molar-refractivity contribution in [2.24, 2.45) is 11.8 Å². The number of rotatable bonds is 7. The number of aryl methyl sites for hydroxylation is 2. The lowest BCUT2D eigenvalue weighted by Crippen LogP contribution is -2.62. The average molecular weight is 307 g/mol. The Kier molecular flexibility index (Phi) is 4.78. The monoisotopic (exact) mass is 307 g/mol. The predicted molar refractivity (Wildman–Crippen MR) is 81.4 cm³/mol. The SMILES string of the molecule is CCc1nccn1CCC(=O)N[C@@H]1[C@@H](COC)[C@H]2OCC[C@@H]12. The molecule has 0 radical (unpaired) electrons. The van der Waals surface area contributed by atoms with Crippen molar-refractivity contribution in [3.63, 3.8) is 0 Å². The van der Waals surface area contributed by atoms with E-state index in [-0.39, 0.29) is 18.1 Å². The Hall–Kier alpha value is -1.40. The maximum atomic E-state index is 12.3. The first-order valence-electron chi connectivity index (χ1n) is 8.14. The number of amides is 1. The van der Waals surface area contributed by atoms with E-state index in [1.54, 1.807) is 13.3 Å². The molecule has 0 spiro atoms. The van der Waals surface area contributed by atoms with Gasteiger partial charge in [-0.2, -0.15) is 0 Å². The van der Waals surface area contributed by atoms with E-state index < -0.39 is 0 Å². The van der Waals surface area contributed by atoms with E-state index in [9.17, 15) is 4.79 Å². The van der Waals surface area contributed by atoms with Crippen molar-refractivity contribution in [1.29, 1.82) is 0 Å². The Morgan fingerprint density at radius 1 is 1.59 bits per heavy atom. The van der Waals surface area contributed by atoms with Crippen LogP contribution in [0.5, 0.6) is 0 Å². The zero-order chi connectivity index (χ0) is 15.5. The summed E-state index contributed by atoms with van der Waals surface area (Å²) in [6, 6.07) is 0.202. The van der Waals surface area contributed by atoms with Crippen molar-refractivity contribution in [3.8, 4) is 0 Å². The number of carbonyl (C=O) groups excluding carboxylic acids is 1. The van der Waals surface area contributed by atoms with Gasteiger partial charge in [-0.3, -0.25) is 4.79 Å². The highest BCUT2D eigenvalue weighted by molar-refractivity contribution is 5.76. The van der Waals surface area contributed by atoms with Gasteiger partial charge < -0.3 is 19.4 Å². The van der Waals surface area contributed by atoms with E-state index in [0.29, 0.717) is 31.4 Å². The molecule has 6 heteroatoms. The van der Waals surface area contributed by atoms with Crippen molar-refractivity contribution < 1.29 is 14.3 Å². The number of carbonyl (C=O) groups is 1. The molecule has 1 aliphatic heterocycles. The number of fused-ring (bicyclic) bond motifs is 1. The van der Waals surface area contributed by atoms with E-state index in [4.69, 9.17) is 9.47 Å². The molecule has 6 nitrogen and oxygen atoms in total. The number of hydrogen-bond donors (Lipinski definition) is 1. The Bertz CT molecular complexity index is 516. The summed E-state index contributed by atoms with van der Waals surface area (Å²) in [6.07, 6.45) is 6.40. The zero-order valence-electron chi connectivity index (χ0n) is 13.3. The highest BCUT2D eigenvalue weighted by Gasteiger charge is 2.54. The van der Waals surface area contributed by atoms with Crippen molar-refractivity contribution in [2.75, 3.05) is 20.3 Å². The van der Waals surface area contributed by atoms with Gasteiger partial charge in [-0.1, -0.05) is 6.92 Å². The molecule has 1 N–H and O–H groups in total. The van der Waals surface area contributed by atoms with Crippen LogP contribution in [0.25, 0.3) is 0 Å². The lowest BCUT2D eigenvalue weighted by atomic mass is 9.67. The number of hydrogen-bond acceptors (Lipinski definition) is 4. The molecule has 2 fully saturated rings. The molecule has 1 saturated carbocycles. The summed E-state index contributed by atoms with van der Waals surface area (Å²) >= 11 is 0. The molecule has 0 unspecified atom stereocenters. The van der Waals surface area contributed by atoms with Gasteiger partial charge in [0.25, 0.3) is 0 Å². The maximum Gasteiger partial charge on any atom is 0.222 e. The highest BCUT2D eigenvalue weighted by Crippen LogP contribution is 2.43. The summed E-state index contributed by atoms with van der Waals surface area (Å²) in [7, 11) is 1.70. The lowest BCUT2D eigenvalue weighted by Gasteiger charge is -2.47. The first-order chi connectivity index (χ1) is 10.7. The first-order valence-corrected chi connectivity index (χ1v) is 8.14. The molecule has 1 amide bonds. The van der Waals surface area contributed by atoms with Gasteiger partial charge >= 0.3 is 0 Å². The topological polar surface area (TPSA) is 65.4 Å². The van der Waals surface area contributed by atoms with E-state index in [1.165, 1.54) is 0 Å². The van der Waals surface area contributed by atoms with Gasteiger partial charge in [0.1, 0.15) is 5.82 Å². The molecule has 122 valence electrons. The number of ether oxygens (including phenoxy) is 2. The third-order valence-corrected chi connectivity index (χ3v) is 4.91. The summed E-state index contributed by atoms with van der Waals surface area (Å²) < 4.78 is 13.1. The predicted octanol–water partition coefficient (Wildman–Crippen LogP) is 1.00. The third-order valence-electron chi connectivity index (χ3n) is 4.91. The molecular formula is C16H25N3O3. The standard InChI is InChI=1S/C16H25N3O3/c1-3-13-17-6-8-19(13)7-4-14(20)18-15-11-5-9-22-16(11)12(15)10-21-2/h6,8,11-12,15-16H,3-5,7,9-10H2,1-2H3,(H,18,20)/t11-,12+,15-,16-/m0/s1. The molecule has 1 saturated heterocycles. The van der Waals surface area contributed by atoms with Crippen molar-refractivity contribution in [3.05, 3.63) is 18.2 Å². The van der Waals surface area contributed by atoms with E-state index in [1.807, 2.05) is 6.20 Å². The normalized spacial score (nSPS) is 29.9. The van der Waals surface area contributed by atoms with Crippen LogP contribution in [0.3, 0.4) is 0 Å². The smallest absolute Gasteiger partial charge is 0.222 e. The summed E-state index contributed by atoms with van der Waals surface area (Å²) in [5, 5.41) is 3.19. The molecule has 22 heavy (non-hydrogen) atoms. The number of nitrogens with zero attached hydrogens (tertiary/aromatic N) is 2. The second-order valence-electron chi connectivity index (χ2n) is 6.14. The molecule has 2 aliphatic rings. The van der Waals surface area contributed by atoms with E-state index >= 15 is 0 Å². The molecule has 2 heterocycles. The molecule has 1 aromatic heterocycles. The molecular weight excluding hydrogens is 282 g/mol. The van der Waals surface area contributed by atoms with Crippen molar-refractivity contribution in [1.82, 2.24) is 14.9 Å². The quantitative estimate of drug-likeness (QED) is 0.816. The van der Waals surface area contributed by atoms with Crippen LogP contribution in [0.1, 0.15) is 25.6 Å². The molecule has 0 aromatic carbocycles. The molecule has 3 rings (SSSR count). The van der Waals surface area contributed by atoms with Crippen LogP contribution in [-0.2, 0) is 27.2 Å². The minimum atomic E-state index is 0.104. The Morgan fingerprint density at radius 3 is 3.23 bits per heavy atom.